The standard InChI is InChI=1S/C26H29ClF2N8/c1-15-17(6-5-9-30-15)22(20-12-37(36-35-20)26(7-8-26)24(28)29)34-16-10-18-21(19(27)11-16)32-14-33-23(18)31-13-25(2,3)4/h5-6,9-12,14,22,24,34H,7-8,13H2,1-4H3,(H,31,32,33). The smallest absolute Gasteiger partial charge is 0.263 e. The number of halogens is 3. The molecule has 0 amide bonds. The molecule has 4 aromatic rings. The Bertz CT molecular complexity index is 1430. The molecule has 11 heteroatoms. The van der Waals surface area contributed by atoms with Crippen molar-refractivity contribution >= 4 is 34.0 Å². The highest BCUT2D eigenvalue weighted by Crippen LogP contribution is 2.48. The normalized spacial score (nSPS) is 15.7. The molecular weight excluding hydrogens is 498 g/mol. The molecule has 37 heavy (non-hydrogen) atoms. The van der Waals surface area contributed by atoms with Crippen LogP contribution in [0.2, 0.25) is 5.02 Å². The van der Waals surface area contributed by atoms with Gasteiger partial charge in [0.1, 0.15) is 23.4 Å². The van der Waals surface area contributed by atoms with E-state index in [2.05, 4.69) is 56.7 Å². The minimum Gasteiger partial charge on any atom is -0.373 e. The zero-order valence-electron chi connectivity index (χ0n) is 21.1. The monoisotopic (exact) mass is 526 g/mol. The molecule has 1 saturated carbocycles. The lowest BCUT2D eigenvalue weighted by Gasteiger charge is -2.22. The Hall–Kier alpha value is -3.40. The van der Waals surface area contributed by atoms with E-state index >= 15 is 0 Å². The first-order chi connectivity index (χ1) is 17.6. The van der Waals surface area contributed by atoms with Gasteiger partial charge in [-0.25, -0.2) is 23.4 Å². The SMILES string of the molecule is Cc1ncccc1C(Nc1cc(Cl)c2ncnc(NCC(C)(C)C)c2c1)c1cn(C2(C(F)F)CC2)nn1. The summed E-state index contributed by atoms with van der Waals surface area (Å²) in [5, 5.41) is 16.5. The van der Waals surface area contributed by atoms with Crippen LogP contribution in [0.3, 0.4) is 0 Å². The number of pyridine rings is 1. The summed E-state index contributed by atoms with van der Waals surface area (Å²) in [6.45, 7) is 9.01. The van der Waals surface area contributed by atoms with Crippen LogP contribution in [0.1, 0.15) is 56.6 Å². The Balaban J connectivity index is 1.55. The first kappa shape index (κ1) is 25.3. The molecule has 1 atom stereocenters. The number of fused-ring (bicyclic) bond motifs is 1. The van der Waals surface area contributed by atoms with E-state index in [0.717, 1.165) is 16.6 Å². The number of nitrogens with zero attached hydrogens (tertiary/aromatic N) is 6. The molecule has 1 aromatic carbocycles. The molecule has 1 aliphatic rings. The molecule has 0 saturated heterocycles. The molecule has 3 aromatic heterocycles. The Kier molecular flexibility index (Phi) is 6.47. The minimum absolute atomic E-state index is 0.0445. The molecule has 1 aliphatic carbocycles. The number of benzene rings is 1. The second-order valence-corrected chi connectivity index (χ2v) is 11.1. The van der Waals surface area contributed by atoms with Crippen molar-refractivity contribution in [1.29, 1.82) is 0 Å². The van der Waals surface area contributed by atoms with Gasteiger partial charge in [-0.1, -0.05) is 43.7 Å². The summed E-state index contributed by atoms with van der Waals surface area (Å²) in [4.78, 5) is 13.2. The van der Waals surface area contributed by atoms with Gasteiger partial charge in [-0.3, -0.25) is 4.98 Å². The van der Waals surface area contributed by atoms with Crippen LogP contribution in [0.4, 0.5) is 20.3 Å². The van der Waals surface area contributed by atoms with E-state index in [-0.39, 0.29) is 5.41 Å². The summed E-state index contributed by atoms with van der Waals surface area (Å²) in [5.41, 5.74) is 2.25. The van der Waals surface area contributed by atoms with Crippen LogP contribution >= 0.6 is 11.6 Å². The Morgan fingerprint density at radius 1 is 1.16 bits per heavy atom. The van der Waals surface area contributed by atoms with Gasteiger partial charge in [0.2, 0.25) is 0 Å². The van der Waals surface area contributed by atoms with E-state index in [4.69, 9.17) is 11.6 Å². The zero-order chi connectivity index (χ0) is 26.4. The predicted octanol–water partition coefficient (Wildman–Crippen LogP) is 5.99. The number of aryl methyl sites for hydroxylation is 1. The Morgan fingerprint density at radius 3 is 2.62 bits per heavy atom. The molecule has 5 rings (SSSR count). The van der Waals surface area contributed by atoms with Crippen LogP contribution < -0.4 is 10.6 Å². The fourth-order valence-corrected chi connectivity index (χ4v) is 4.55. The van der Waals surface area contributed by atoms with Crippen LogP contribution in [0.25, 0.3) is 10.9 Å². The summed E-state index contributed by atoms with van der Waals surface area (Å²) < 4.78 is 28.8. The minimum atomic E-state index is -2.51. The molecule has 3 heterocycles. The number of rotatable bonds is 8. The predicted molar refractivity (Wildman–Crippen MR) is 140 cm³/mol. The van der Waals surface area contributed by atoms with Gasteiger partial charge in [0, 0.05) is 35.1 Å². The third kappa shape index (κ3) is 5.07. The molecule has 0 spiro atoms. The van der Waals surface area contributed by atoms with Gasteiger partial charge in [0.05, 0.1) is 22.8 Å². The molecule has 0 bridgehead atoms. The molecule has 1 fully saturated rings. The molecule has 194 valence electrons. The third-order valence-electron chi connectivity index (χ3n) is 6.58. The number of nitrogens with one attached hydrogen (secondary N) is 2. The number of hydrogen-bond donors (Lipinski definition) is 2. The fourth-order valence-electron chi connectivity index (χ4n) is 4.28. The molecular formula is C26H29ClF2N8. The first-order valence-electron chi connectivity index (χ1n) is 12.1. The topological polar surface area (TPSA) is 93.4 Å². The van der Waals surface area contributed by atoms with Crippen LogP contribution in [0, 0.1) is 12.3 Å². The fraction of sp³-hybridized carbons (Fsp3) is 0.423. The van der Waals surface area contributed by atoms with Crippen LogP contribution in [0.15, 0.2) is 43.0 Å². The van der Waals surface area contributed by atoms with Crippen LogP contribution in [-0.2, 0) is 5.54 Å². The van der Waals surface area contributed by atoms with E-state index in [0.29, 0.717) is 47.1 Å². The zero-order valence-corrected chi connectivity index (χ0v) is 21.9. The van der Waals surface area contributed by atoms with Crippen molar-refractivity contribution in [3.05, 3.63) is 65.0 Å². The van der Waals surface area contributed by atoms with E-state index in [9.17, 15) is 8.78 Å². The lowest BCUT2D eigenvalue weighted by atomic mass is 9.97. The van der Waals surface area contributed by atoms with Crippen molar-refractivity contribution in [3.63, 3.8) is 0 Å². The molecule has 0 radical (unpaired) electrons. The van der Waals surface area contributed by atoms with Crippen molar-refractivity contribution in [3.8, 4) is 0 Å². The largest absolute Gasteiger partial charge is 0.373 e. The number of anilines is 2. The van der Waals surface area contributed by atoms with Gasteiger partial charge in [0.25, 0.3) is 6.43 Å². The van der Waals surface area contributed by atoms with Crippen molar-refractivity contribution in [1.82, 2.24) is 29.9 Å². The first-order valence-corrected chi connectivity index (χ1v) is 12.5. The third-order valence-corrected chi connectivity index (χ3v) is 6.87. The number of alkyl halides is 2. The molecule has 2 N–H and O–H groups in total. The highest BCUT2D eigenvalue weighted by Gasteiger charge is 2.54. The highest BCUT2D eigenvalue weighted by molar-refractivity contribution is 6.35. The second-order valence-electron chi connectivity index (χ2n) is 10.7. The Morgan fingerprint density at radius 2 is 1.95 bits per heavy atom. The number of hydrogen-bond acceptors (Lipinski definition) is 7. The molecule has 1 unspecified atom stereocenters. The van der Waals surface area contributed by atoms with E-state index in [1.807, 2.05) is 25.1 Å². The summed E-state index contributed by atoms with van der Waals surface area (Å²) in [6.07, 6.45) is 3.05. The molecule has 8 nitrogen and oxygen atoms in total. The van der Waals surface area contributed by atoms with Crippen molar-refractivity contribution < 1.29 is 8.78 Å². The van der Waals surface area contributed by atoms with Crippen molar-refractivity contribution in [2.75, 3.05) is 17.2 Å². The molecule has 0 aliphatic heterocycles. The van der Waals surface area contributed by atoms with Crippen LogP contribution in [0.5, 0.6) is 0 Å². The number of aromatic nitrogens is 6. The maximum absolute atomic E-state index is 13.7. The van der Waals surface area contributed by atoms with Gasteiger partial charge < -0.3 is 10.6 Å². The summed E-state index contributed by atoms with van der Waals surface area (Å²) in [5.74, 6) is 0.679. The van der Waals surface area contributed by atoms with Gasteiger partial charge in [-0.05, 0) is 43.4 Å². The maximum Gasteiger partial charge on any atom is 0.263 e. The lowest BCUT2D eigenvalue weighted by Crippen LogP contribution is -2.26. The average Bonchev–Trinajstić information content (AvgIpc) is 3.52. The van der Waals surface area contributed by atoms with Gasteiger partial charge in [-0.2, -0.15) is 0 Å². The summed E-state index contributed by atoms with van der Waals surface area (Å²) in [7, 11) is 0. The maximum atomic E-state index is 13.7. The second kappa shape index (κ2) is 9.48. The van der Waals surface area contributed by atoms with E-state index in [1.54, 1.807) is 18.5 Å². The van der Waals surface area contributed by atoms with Crippen molar-refractivity contribution in [2.45, 2.75) is 58.5 Å². The highest BCUT2D eigenvalue weighted by atomic mass is 35.5. The van der Waals surface area contributed by atoms with Gasteiger partial charge >= 0.3 is 0 Å². The van der Waals surface area contributed by atoms with E-state index < -0.39 is 18.0 Å². The van der Waals surface area contributed by atoms with Gasteiger partial charge in [-0.15, -0.1) is 5.10 Å². The summed E-state index contributed by atoms with van der Waals surface area (Å²) >= 11 is 6.65. The average molecular weight is 527 g/mol. The van der Waals surface area contributed by atoms with E-state index in [1.165, 1.54) is 11.0 Å². The summed E-state index contributed by atoms with van der Waals surface area (Å²) in [6, 6.07) is 6.98. The lowest BCUT2D eigenvalue weighted by molar-refractivity contribution is 0.0593. The Labute approximate surface area is 218 Å². The van der Waals surface area contributed by atoms with Crippen molar-refractivity contribution in [2.24, 2.45) is 5.41 Å². The quantitative estimate of drug-likeness (QED) is 0.291. The van der Waals surface area contributed by atoms with Gasteiger partial charge in [0.15, 0.2) is 0 Å². The van der Waals surface area contributed by atoms with Crippen LogP contribution in [-0.4, -0.2) is 42.9 Å².